The van der Waals surface area contributed by atoms with Crippen molar-refractivity contribution in [3.8, 4) is 0 Å². The van der Waals surface area contributed by atoms with Crippen LogP contribution in [0.2, 0.25) is 0 Å². The zero-order valence-corrected chi connectivity index (χ0v) is 13.0. The highest BCUT2D eigenvalue weighted by molar-refractivity contribution is 9.10. The van der Waals surface area contributed by atoms with E-state index in [-0.39, 0.29) is 22.3 Å². The molecule has 2 heterocycles. The third-order valence-corrected chi connectivity index (χ3v) is 4.00. The molecule has 0 saturated heterocycles. The van der Waals surface area contributed by atoms with Gasteiger partial charge in [0.1, 0.15) is 5.82 Å². The topological polar surface area (TPSA) is 90.1 Å². The van der Waals surface area contributed by atoms with E-state index >= 15 is 0 Å². The average molecular weight is 353 g/mol. The van der Waals surface area contributed by atoms with Crippen LogP contribution in [0.4, 0.5) is 11.5 Å². The van der Waals surface area contributed by atoms with Crippen molar-refractivity contribution in [3.05, 3.63) is 60.6 Å². The number of hydrogen-bond acceptors (Lipinski definition) is 5. The van der Waals surface area contributed by atoms with Gasteiger partial charge in [-0.25, -0.2) is 4.98 Å². The smallest absolute Gasteiger partial charge is 0.289 e. The minimum Gasteiger partial charge on any atom is -0.373 e. The predicted molar refractivity (Wildman–Crippen MR) is 82.7 cm³/mol. The van der Waals surface area contributed by atoms with Crippen molar-refractivity contribution in [1.29, 1.82) is 0 Å². The van der Waals surface area contributed by atoms with Gasteiger partial charge in [0.2, 0.25) is 0 Å². The van der Waals surface area contributed by atoms with E-state index in [0.717, 1.165) is 5.56 Å². The molecule has 0 radical (unpaired) electrons. The second-order valence-electron chi connectivity index (χ2n) is 4.44. The summed E-state index contributed by atoms with van der Waals surface area (Å²) in [4.78, 5) is 26.8. The van der Waals surface area contributed by atoms with Crippen LogP contribution in [0.3, 0.4) is 0 Å². The maximum Gasteiger partial charge on any atom is 0.289 e. The van der Waals surface area contributed by atoms with Crippen molar-refractivity contribution in [3.63, 3.8) is 0 Å². The maximum atomic E-state index is 12.2. The van der Waals surface area contributed by atoms with Gasteiger partial charge in [-0.15, -0.1) is 0 Å². The van der Waals surface area contributed by atoms with Gasteiger partial charge < -0.3 is 9.88 Å². The molecule has 110 valence electrons. The summed E-state index contributed by atoms with van der Waals surface area (Å²) in [6, 6.07) is 3.54. The van der Waals surface area contributed by atoms with Crippen LogP contribution in [0, 0.1) is 17.0 Å². The Bertz CT molecular complexity index is 758. The maximum absolute atomic E-state index is 12.2. The second kappa shape index (κ2) is 6.04. The molecule has 0 aliphatic carbocycles. The molecule has 0 aromatic carbocycles. The van der Waals surface area contributed by atoms with Gasteiger partial charge in [-0.3, -0.25) is 14.9 Å². The molecule has 0 atom stereocenters. The van der Waals surface area contributed by atoms with Crippen LogP contribution < -0.4 is 10.9 Å². The molecule has 0 amide bonds. The van der Waals surface area contributed by atoms with E-state index in [9.17, 15) is 14.9 Å². The Morgan fingerprint density at radius 3 is 2.86 bits per heavy atom. The lowest BCUT2D eigenvalue weighted by Crippen LogP contribution is -2.22. The summed E-state index contributed by atoms with van der Waals surface area (Å²) in [5.41, 5.74) is 0.749. The van der Waals surface area contributed by atoms with E-state index < -0.39 is 4.92 Å². The summed E-state index contributed by atoms with van der Waals surface area (Å²) in [6.07, 6.45) is 2.88. The first-order valence-corrected chi connectivity index (χ1v) is 6.90. The van der Waals surface area contributed by atoms with E-state index in [4.69, 9.17) is 0 Å². The minimum atomic E-state index is -0.498. The fourth-order valence-electron chi connectivity index (χ4n) is 1.91. The number of rotatable bonds is 4. The lowest BCUT2D eigenvalue weighted by molar-refractivity contribution is -0.386. The van der Waals surface area contributed by atoms with Crippen molar-refractivity contribution in [2.45, 2.75) is 13.5 Å². The van der Waals surface area contributed by atoms with Gasteiger partial charge >= 0.3 is 0 Å². The van der Waals surface area contributed by atoms with E-state index in [2.05, 4.69) is 26.2 Å². The molecule has 2 rings (SSSR count). The molecule has 0 aliphatic rings. The summed E-state index contributed by atoms with van der Waals surface area (Å²) < 4.78 is 1.52. The largest absolute Gasteiger partial charge is 0.373 e. The Morgan fingerprint density at radius 2 is 2.24 bits per heavy atom. The molecular formula is C13H13BrN4O3. The lowest BCUT2D eigenvalue weighted by Gasteiger charge is -2.09. The fourth-order valence-corrected chi connectivity index (χ4v) is 2.34. The highest BCUT2D eigenvalue weighted by Gasteiger charge is 2.18. The standard InChI is InChI=1S/C13H13BrN4O3/c1-8-10(18(20)21)7-17(13(19)12(8)14)6-9-3-4-16-11(5-9)15-2/h3-5,7H,6H2,1-2H3,(H,15,16). The average Bonchev–Trinajstić information content (AvgIpc) is 2.47. The Hall–Kier alpha value is -2.22. The molecule has 7 nitrogen and oxygen atoms in total. The lowest BCUT2D eigenvalue weighted by atomic mass is 10.2. The molecule has 0 bridgehead atoms. The predicted octanol–water partition coefficient (Wildman–Crippen LogP) is 2.31. The SMILES string of the molecule is CNc1cc(Cn2cc([N+](=O)[O-])c(C)c(Br)c2=O)ccn1. The zero-order chi connectivity index (χ0) is 15.6. The molecule has 0 aliphatic heterocycles. The Balaban J connectivity index is 2.49. The number of nitrogens with zero attached hydrogens (tertiary/aromatic N) is 3. The molecule has 0 unspecified atom stereocenters. The monoisotopic (exact) mass is 352 g/mol. The molecule has 0 fully saturated rings. The van der Waals surface area contributed by atoms with Crippen molar-refractivity contribution < 1.29 is 4.92 Å². The number of nitro groups is 1. The summed E-state index contributed by atoms with van der Waals surface area (Å²) in [5, 5.41) is 13.9. The quantitative estimate of drug-likeness (QED) is 0.673. The second-order valence-corrected chi connectivity index (χ2v) is 5.24. The van der Waals surface area contributed by atoms with Gasteiger partial charge in [0.05, 0.1) is 22.1 Å². The van der Waals surface area contributed by atoms with Crippen LogP contribution in [0.5, 0.6) is 0 Å². The number of halogens is 1. The molecule has 0 saturated carbocycles. The van der Waals surface area contributed by atoms with Crippen molar-refractivity contribution in [1.82, 2.24) is 9.55 Å². The van der Waals surface area contributed by atoms with Gasteiger partial charge in [-0.05, 0) is 40.5 Å². The van der Waals surface area contributed by atoms with Crippen LogP contribution >= 0.6 is 15.9 Å². The van der Waals surface area contributed by atoms with Crippen molar-refractivity contribution in [2.24, 2.45) is 0 Å². The summed E-state index contributed by atoms with van der Waals surface area (Å²) in [6.45, 7) is 1.77. The normalized spacial score (nSPS) is 10.4. The Kier molecular flexibility index (Phi) is 4.37. The van der Waals surface area contributed by atoms with Crippen LogP contribution in [0.1, 0.15) is 11.1 Å². The fraction of sp³-hybridized carbons (Fsp3) is 0.231. The first-order valence-electron chi connectivity index (χ1n) is 6.10. The highest BCUT2D eigenvalue weighted by Crippen LogP contribution is 2.22. The Morgan fingerprint density at radius 1 is 1.52 bits per heavy atom. The molecule has 8 heteroatoms. The summed E-state index contributed by atoms with van der Waals surface area (Å²) in [7, 11) is 1.74. The van der Waals surface area contributed by atoms with Gasteiger partial charge in [-0.1, -0.05) is 0 Å². The van der Waals surface area contributed by atoms with Crippen LogP contribution in [-0.2, 0) is 6.54 Å². The molecule has 2 aromatic heterocycles. The highest BCUT2D eigenvalue weighted by atomic mass is 79.9. The third kappa shape index (κ3) is 3.10. The van der Waals surface area contributed by atoms with E-state index in [1.54, 1.807) is 32.3 Å². The molecular weight excluding hydrogens is 340 g/mol. The van der Waals surface area contributed by atoms with Crippen LogP contribution in [0.25, 0.3) is 0 Å². The molecule has 21 heavy (non-hydrogen) atoms. The van der Waals surface area contributed by atoms with E-state index in [1.165, 1.54) is 10.8 Å². The molecule has 0 spiro atoms. The minimum absolute atomic E-state index is 0.0932. The van der Waals surface area contributed by atoms with Gasteiger partial charge in [0.15, 0.2) is 0 Å². The van der Waals surface area contributed by atoms with E-state index in [1.807, 2.05) is 0 Å². The number of anilines is 1. The number of hydrogen-bond donors (Lipinski definition) is 1. The first-order chi connectivity index (χ1) is 9.93. The van der Waals surface area contributed by atoms with E-state index in [0.29, 0.717) is 11.4 Å². The van der Waals surface area contributed by atoms with Crippen molar-refractivity contribution in [2.75, 3.05) is 12.4 Å². The number of aromatic nitrogens is 2. The molecule has 1 N–H and O–H groups in total. The van der Waals surface area contributed by atoms with Gasteiger partial charge in [0.25, 0.3) is 11.2 Å². The molecule has 2 aromatic rings. The van der Waals surface area contributed by atoms with Crippen LogP contribution in [-0.4, -0.2) is 21.5 Å². The third-order valence-electron chi connectivity index (χ3n) is 3.07. The Labute approximate surface area is 128 Å². The van der Waals surface area contributed by atoms with Gasteiger partial charge in [-0.2, -0.15) is 0 Å². The summed E-state index contributed by atoms with van der Waals surface area (Å²) in [5.74, 6) is 0.668. The zero-order valence-electron chi connectivity index (χ0n) is 11.5. The van der Waals surface area contributed by atoms with Crippen molar-refractivity contribution >= 4 is 27.4 Å². The van der Waals surface area contributed by atoms with Crippen LogP contribution in [0.15, 0.2) is 33.8 Å². The number of pyridine rings is 2. The van der Waals surface area contributed by atoms with Gasteiger partial charge in [0, 0.05) is 18.8 Å². The summed E-state index contributed by atoms with van der Waals surface area (Å²) >= 11 is 3.13. The number of nitrogens with one attached hydrogen (secondary N) is 1. The first kappa shape index (κ1) is 15.2.